The van der Waals surface area contributed by atoms with Crippen molar-refractivity contribution in [2.24, 2.45) is 0 Å². The van der Waals surface area contributed by atoms with Crippen LogP contribution in [0.3, 0.4) is 0 Å². The molecule has 0 aliphatic carbocycles. The Morgan fingerprint density at radius 2 is 1.48 bits per heavy atom. The summed E-state index contributed by atoms with van der Waals surface area (Å²) in [5.74, 6) is -1.49. The highest BCUT2D eigenvalue weighted by atomic mass is 32.2. The zero-order valence-corrected chi connectivity index (χ0v) is 16.0. The highest BCUT2D eigenvalue weighted by Gasteiger charge is 2.70. The van der Waals surface area contributed by atoms with Crippen molar-refractivity contribution in [1.82, 2.24) is 0 Å². The van der Waals surface area contributed by atoms with Crippen LogP contribution in [0.2, 0.25) is 0 Å². The van der Waals surface area contributed by atoms with E-state index in [9.17, 15) is 44.1 Å². The lowest BCUT2D eigenvalue weighted by molar-refractivity contribution is -0.371. The minimum absolute atomic E-state index is 0.0616. The van der Waals surface area contributed by atoms with Crippen LogP contribution in [0.15, 0.2) is 53.4 Å². The standard InChI is InChI=1S/C18H14F6O6S/c19-17(20,21)16(26,18(22,23)24)6-7-30-15(25)13-8-12(11-4-2-1-3-5-11)9-14(10-13)31(27,28)29/h1-5,8-10,26H,6-7H2,(H,27,28,29)/p-1. The lowest BCUT2D eigenvalue weighted by Gasteiger charge is -2.32. The second-order valence-electron chi connectivity index (χ2n) is 6.31. The van der Waals surface area contributed by atoms with Crippen molar-refractivity contribution in [2.75, 3.05) is 6.61 Å². The van der Waals surface area contributed by atoms with Gasteiger partial charge in [-0.2, -0.15) is 26.3 Å². The van der Waals surface area contributed by atoms with E-state index in [1.807, 2.05) is 0 Å². The Labute approximate surface area is 171 Å². The number of benzene rings is 2. The molecule has 2 rings (SSSR count). The molecule has 0 aromatic heterocycles. The second kappa shape index (κ2) is 8.48. The summed E-state index contributed by atoms with van der Waals surface area (Å²) in [7, 11) is -5.07. The van der Waals surface area contributed by atoms with Crippen molar-refractivity contribution in [3.63, 3.8) is 0 Å². The monoisotopic (exact) mass is 471 g/mol. The van der Waals surface area contributed by atoms with E-state index >= 15 is 0 Å². The maximum absolute atomic E-state index is 12.7. The Balaban J connectivity index is 2.31. The van der Waals surface area contributed by atoms with E-state index in [4.69, 9.17) is 5.11 Å². The number of hydrogen-bond donors (Lipinski definition) is 1. The molecule has 0 bridgehead atoms. The van der Waals surface area contributed by atoms with Crippen LogP contribution < -0.4 is 0 Å². The summed E-state index contributed by atoms with van der Waals surface area (Å²) in [4.78, 5) is 11.3. The smallest absolute Gasteiger partial charge is 0.426 e. The van der Waals surface area contributed by atoms with Gasteiger partial charge in [-0.25, -0.2) is 13.2 Å². The number of carbonyl (C=O) groups is 1. The summed E-state index contributed by atoms with van der Waals surface area (Å²) < 4.78 is 114. The maximum atomic E-state index is 12.7. The van der Waals surface area contributed by atoms with Gasteiger partial charge in [-0.3, -0.25) is 0 Å². The molecule has 0 saturated carbocycles. The molecule has 1 N–H and O–H groups in total. The van der Waals surface area contributed by atoms with Gasteiger partial charge < -0.3 is 14.4 Å². The average Bonchev–Trinajstić information content (AvgIpc) is 2.65. The van der Waals surface area contributed by atoms with Crippen molar-refractivity contribution in [1.29, 1.82) is 0 Å². The van der Waals surface area contributed by atoms with E-state index in [1.165, 1.54) is 12.1 Å². The first-order chi connectivity index (χ1) is 14.1. The van der Waals surface area contributed by atoms with Crippen molar-refractivity contribution < 1.29 is 54.0 Å². The van der Waals surface area contributed by atoms with E-state index in [1.54, 1.807) is 18.2 Å². The first-order valence-electron chi connectivity index (χ1n) is 8.25. The van der Waals surface area contributed by atoms with Crippen molar-refractivity contribution >= 4 is 16.1 Å². The molecule has 0 radical (unpaired) electrons. The lowest BCUT2D eigenvalue weighted by Crippen LogP contribution is -2.57. The van der Waals surface area contributed by atoms with Crippen LogP contribution in [0.1, 0.15) is 16.8 Å². The van der Waals surface area contributed by atoms with Gasteiger partial charge in [-0.1, -0.05) is 30.3 Å². The molecule has 13 heteroatoms. The van der Waals surface area contributed by atoms with Gasteiger partial charge in [-0.05, 0) is 29.3 Å². The molecule has 170 valence electrons. The molecular weight excluding hydrogens is 458 g/mol. The van der Waals surface area contributed by atoms with Crippen LogP contribution >= 0.6 is 0 Å². The Morgan fingerprint density at radius 3 is 1.97 bits per heavy atom. The van der Waals surface area contributed by atoms with Gasteiger partial charge in [0.25, 0.3) is 5.60 Å². The largest absolute Gasteiger partial charge is 0.744 e. The quantitative estimate of drug-likeness (QED) is 0.392. The molecule has 0 unspecified atom stereocenters. The van der Waals surface area contributed by atoms with E-state index in [0.29, 0.717) is 11.6 Å². The number of esters is 1. The Bertz CT molecular complexity index is 1030. The summed E-state index contributed by atoms with van der Waals surface area (Å²) in [5.41, 5.74) is -5.29. The van der Waals surface area contributed by atoms with Gasteiger partial charge in [-0.15, -0.1) is 0 Å². The molecule has 0 heterocycles. The molecule has 0 spiro atoms. The van der Waals surface area contributed by atoms with Gasteiger partial charge in [0.05, 0.1) is 17.1 Å². The number of carbonyl (C=O) groups excluding carboxylic acids is 1. The number of ether oxygens (including phenoxy) is 1. The van der Waals surface area contributed by atoms with Crippen LogP contribution in [0.4, 0.5) is 26.3 Å². The molecule has 2 aromatic carbocycles. The number of halogens is 6. The Hall–Kier alpha value is -2.64. The highest BCUT2D eigenvalue weighted by molar-refractivity contribution is 7.85. The van der Waals surface area contributed by atoms with Crippen LogP contribution in [-0.4, -0.2) is 48.6 Å². The summed E-state index contributed by atoms with van der Waals surface area (Å²) in [6, 6.07) is 10.3. The van der Waals surface area contributed by atoms with Gasteiger partial charge in [0.2, 0.25) is 0 Å². The number of alkyl halides is 6. The van der Waals surface area contributed by atoms with Crippen molar-refractivity contribution in [2.45, 2.75) is 29.3 Å². The van der Waals surface area contributed by atoms with Crippen molar-refractivity contribution in [3.05, 3.63) is 54.1 Å². The number of rotatable bonds is 6. The molecule has 0 saturated heterocycles. The number of aliphatic hydroxyl groups is 1. The van der Waals surface area contributed by atoms with Gasteiger partial charge in [0.1, 0.15) is 10.1 Å². The Morgan fingerprint density at radius 1 is 0.935 bits per heavy atom. The fourth-order valence-corrected chi connectivity index (χ4v) is 3.02. The predicted molar refractivity (Wildman–Crippen MR) is 91.8 cm³/mol. The van der Waals surface area contributed by atoms with E-state index in [-0.39, 0.29) is 5.56 Å². The second-order valence-corrected chi connectivity index (χ2v) is 7.69. The lowest BCUT2D eigenvalue weighted by atomic mass is 9.99. The minimum Gasteiger partial charge on any atom is -0.744 e. The fraction of sp³-hybridized carbons (Fsp3) is 0.278. The van der Waals surface area contributed by atoms with Gasteiger partial charge in [0.15, 0.2) is 0 Å². The van der Waals surface area contributed by atoms with Crippen LogP contribution in [-0.2, 0) is 14.9 Å². The zero-order chi connectivity index (χ0) is 23.7. The molecule has 6 nitrogen and oxygen atoms in total. The fourth-order valence-electron chi connectivity index (χ4n) is 2.48. The normalized spacial score (nSPS) is 13.2. The van der Waals surface area contributed by atoms with E-state index in [0.717, 1.165) is 12.1 Å². The molecule has 0 fully saturated rings. The molecule has 31 heavy (non-hydrogen) atoms. The van der Waals surface area contributed by atoms with Gasteiger partial charge in [0, 0.05) is 6.42 Å². The molecule has 0 amide bonds. The Kier molecular flexibility index (Phi) is 6.73. The van der Waals surface area contributed by atoms with Crippen LogP contribution in [0.5, 0.6) is 0 Å². The SMILES string of the molecule is O=C(OCCC(O)(C(F)(F)F)C(F)(F)F)c1cc(-c2ccccc2)cc(S(=O)(=O)[O-])c1. The van der Waals surface area contributed by atoms with Crippen LogP contribution in [0, 0.1) is 0 Å². The molecule has 0 aliphatic heterocycles. The van der Waals surface area contributed by atoms with Crippen molar-refractivity contribution in [3.8, 4) is 11.1 Å². The predicted octanol–water partition coefficient (Wildman–Crippen LogP) is 3.66. The first-order valence-corrected chi connectivity index (χ1v) is 9.66. The van der Waals surface area contributed by atoms with E-state index in [2.05, 4.69) is 4.74 Å². The highest BCUT2D eigenvalue weighted by Crippen LogP contribution is 2.45. The third-order valence-corrected chi connectivity index (χ3v) is 4.99. The summed E-state index contributed by atoms with van der Waals surface area (Å²) in [5, 5.41) is 9.05. The molecule has 0 aliphatic rings. The number of hydrogen-bond acceptors (Lipinski definition) is 6. The summed E-state index contributed by atoms with van der Waals surface area (Å²) in [6.07, 6.45) is -14.2. The third kappa shape index (κ3) is 5.54. The molecule has 2 aromatic rings. The van der Waals surface area contributed by atoms with Gasteiger partial charge >= 0.3 is 18.3 Å². The molecule has 0 atom stereocenters. The molecular formula is C18H13F6O6S-. The summed E-state index contributed by atoms with van der Waals surface area (Å²) >= 11 is 0. The average molecular weight is 471 g/mol. The van der Waals surface area contributed by atoms with E-state index < -0.39 is 57.5 Å². The minimum atomic E-state index is -6.09. The third-order valence-electron chi connectivity index (χ3n) is 4.17. The van der Waals surface area contributed by atoms with Crippen LogP contribution in [0.25, 0.3) is 11.1 Å². The first kappa shape index (κ1) is 24.6. The zero-order valence-electron chi connectivity index (χ0n) is 15.2. The maximum Gasteiger partial charge on any atom is 0.426 e. The topological polar surface area (TPSA) is 104 Å². The summed E-state index contributed by atoms with van der Waals surface area (Å²) in [6.45, 7) is -1.50.